The van der Waals surface area contributed by atoms with Crippen molar-refractivity contribution in [3.8, 4) is 0 Å². The third-order valence-corrected chi connectivity index (χ3v) is 3.97. The van der Waals surface area contributed by atoms with Gasteiger partial charge in [0.15, 0.2) is 14.6 Å². The van der Waals surface area contributed by atoms with Crippen LogP contribution >= 0.6 is 12.2 Å². The average molecular weight is 310 g/mol. The second-order valence-corrected chi connectivity index (χ2v) is 6.42. The van der Waals surface area contributed by atoms with Gasteiger partial charge in [0.2, 0.25) is 0 Å². The Morgan fingerprint density at radius 2 is 2.00 bits per heavy atom. The van der Waals surface area contributed by atoms with Crippen molar-refractivity contribution in [3.05, 3.63) is 23.0 Å². The molecule has 0 atom stereocenters. The van der Waals surface area contributed by atoms with E-state index in [4.69, 9.17) is 12.2 Å². The smallest absolute Gasteiger partial charge is 0.329 e. The molecular formula is C10H9F3N2O2S2. The fourth-order valence-corrected chi connectivity index (χ4v) is 2.92. The van der Waals surface area contributed by atoms with Gasteiger partial charge in [0.05, 0.1) is 15.9 Å². The molecular weight excluding hydrogens is 301 g/mol. The summed E-state index contributed by atoms with van der Waals surface area (Å²) >= 11 is 4.82. The highest BCUT2D eigenvalue weighted by atomic mass is 32.2. The topological polar surface area (TPSA) is 54.9 Å². The van der Waals surface area contributed by atoms with E-state index in [1.54, 1.807) is 0 Å². The predicted octanol–water partition coefficient (Wildman–Crippen LogP) is 2.66. The van der Waals surface area contributed by atoms with E-state index in [9.17, 15) is 21.6 Å². The van der Waals surface area contributed by atoms with Crippen LogP contribution in [0.15, 0.2) is 23.1 Å². The van der Waals surface area contributed by atoms with Gasteiger partial charge < -0.3 is 9.55 Å². The van der Waals surface area contributed by atoms with Crippen LogP contribution in [0.25, 0.3) is 11.0 Å². The van der Waals surface area contributed by atoms with Crippen molar-refractivity contribution in [2.24, 2.45) is 0 Å². The number of para-hydroxylation sites is 1. The molecule has 2 rings (SSSR count). The largest absolute Gasteiger partial charge is 0.406 e. The monoisotopic (exact) mass is 310 g/mol. The third-order valence-electron chi connectivity index (χ3n) is 2.51. The summed E-state index contributed by atoms with van der Waals surface area (Å²) in [5.41, 5.74) is 0.213. The molecule has 1 aromatic carbocycles. The summed E-state index contributed by atoms with van der Waals surface area (Å²) in [6.45, 7) is -1.26. The molecule has 0 aliphatic heterocycles. The van der Waals surface area contributed by atoms with Gasteiger partial charge in [-0.25, -0.2) is 8.42 Å². The highest BCUT2D eigenvalue weighted by Crippen LogP contribution is 2.26. The summed E-state index contributed by atoms with van der Waals surface area (Å²) in [6.07, 6.45) is -3.45. The molecule has 9 heteroatoms. The van der Waals surface area contributed by atoms with Crippen molar-refractivity contribution in [2.45, 2.75) is 17.6 Å². The van der Waals surface area contributed by atoms with Crippen molar-refractivity contribution in [1.82, 2.24) is 9.55 Å². The molecule has 1 N–H and O–H groups in total. The molecule has 2 aromatic rings. The minimum Gasteiger partial charge on any atom is -0.329 e. The van der Waals surface area contributed by atoms with Crippen LogP contribution in [0.1, 0.15) is 0 Å². The molecule has 0 unspecified atom stereocenters. The lowest BCUT2D eigenvalue weighted by molar-refractivity contribution is -0.140. The standard InChI is InChI=1S/C10H9F3N2O2S2/c1-19(16,17)7-4-2-3-6-8(7)14-9(18)15(6)5-10(11,12)13/h2-4H,5H2,1H3,(H,14,18). The van der Waals surface area contributed by atoms with Crippen LogP contribution in [0.4, 0.5) is 13.2 Å². The van der Waals surface area contributed by atoms with Crippen LogP contribution in [0.5, 0.6) is 0 Å². The van der Waals surface area contributed by atoms with E-state index in [1.165, 1.54) is 18.2 Å². The molecule has 0 bridgehead atoms. The number of aromatic amines is 1. The van der Waals surface area contributed by atoms with Crippen molar-refractivity contribution in [1.29, 1.82) is 0 Å². The first-order valence-corrected chi connectivity index (χ1v) is 7.38. The van der Waals surface area contributed by atoms with Crippen LogP contribution < -0.4 is 0 Å². The second-order valence-electron chi connectivity index (χ2n) is 4.05. The minimum absolute atomic E-state index is 0.0722. The molecule has 19 heavy (non-hydrogen) atoms. The van der Waals surface area contributed by atoms with Crippen LogP contribution in [0.2, 0.25) is 0 Å². The number of benzene rings is 1. The first kappa shape index (κ1) is 14.1. The van der Waals surface area contributed by atoms with E-state index in [0.717, 1.165) is 10.8 Å². The molecule has 1 heterocycles. The molecule has 104 valence electrons. The van der Waals surface area contributed by atoms with E-state index < -0.39 is 22.6 Å². The summed E-state index contributed by atoms with van der Waals surface area (Å²) in [5, 5.41) is 0. The summed E-state index contributed by atoms with van der Waals surface area (Å²) in [6, 6.07) is 4.09. The Kier molecular flexibility index (Phi) is 3.21. The zero-order chi connectivity index (χ0) is 14.4. The van der Waals surface area contributed by atoms with Crippen LogP contribution in [-0.2, 0) is 16.4 Å². The van der Waals surface area contributed by atoms with Crippen molar-refractivity contribution >= 4 is 33.1 Å². The highest BCUT2D eigenvalue weighted by molar-refractivity contribution is 7.91. The van der Waals surface area contributed by atoms with Gasteiger partial charge in [-0.15, -0.1) is 0 Å². The molecule has 0 saturated heterocycles. The number of alkyl halides is 3. The van der Waals surface area contributed by atoms with Gasteiger partial charge in [-0.1, -0.05) is 6.07 Å². The fraction of sp³-hybridized carbons (Fsp3) is 0.300. The molecule has 0 aliphatic rings. The number of hydrogen-bond donors (Lipinski definition) is 1. The van der Waals surface area contributed by atoms with E-state index in [0.29, 0.717) is 0 Å². The van der Waals surface area contributed by atoms with Gasteiger partial charge in [0.1, 0.15) is 6.54 Å². The Morgan fingerprint density at radius 1 is 1.37 bits per heavy atom. The zero-order valence-electron chi connectivity index (χ0n) is 9.65. The third kappa shape index (κ3) is 2.81. The number of imidazole rings is 1. The molecule has 0 spiro atoms. The average Bonchev–Trinajstić information content (AvgIpc) is 2.52. The van der Waals surface area contributed by atoms with Crippen LogP contribution in [0, 0.1) is 4.77 Å². The molecule has 0 fully saturated rings. The maximum absolute atomic E-state index is 12.5. The Balaban J connectivity index is 2.77. The molecule has 1 aromatic heterocycles. The number of nitrogens with zero attached hydrogens (tertiary/aromatic N) is 1. The zero-order valence-corrected chi connectivity index (χ0v) is 11.3. The Labute approximate surface area is 111 Å². The first-order chi connectivity index (χ1) is 8.59. The summed E-state index contributed by atoms with van der Waals surface area (Å²) in [4.78, 5) is 2.45. The molecule has 0 amide bonds. The predicted molar refractivity (Wildman–Crippen MR) is 66.3 cm³/mol. The summed E-state index contributed by atoms with van der Waals surface area (Å²) in [7, 11) is -3.55. The number of aromatic nitrogens is 2. The Hall–Kier alpha value is -1.35. The number of fused-ring (bicyclic) bond motifs is 1. The Bertz CT molecular complexity index is 787. The van der Waals surface area contributed by atoms with E-state index in [2.05, 4.69) is 4.98 Å². The van der Waals surface area contributed by atoms with Crippen molar-refractivity contribution in [2.75, 3.05) is 6.26 Å². The van der Waals surface area contributed by atoms with Gasteiger partial charge in [-0.2, -0.15) is 13.2 Å². The van der Waals surface area contributed by atoms with Gasteiger partial charge in [-0.3, -0.25) is 0 Å². The normalized spacial score (nSPS) is 13.1. The van der Waals surface area contributed by atoms with Gasteiger partial charge in [-0.05, 0) is 24.4 Å². The fourth-order valence-electron chi connectivity index (χ4n) is 1.80. The van der Waals surface area contributed by atoms with Crippen LogP contribution in [0.3, 0.4) is 0 Å². The second kappa shape index (κ2) is 4.34. The quantitative estimate of drug-likeness (QED) is 0.868. The van der Waals surface area contributed by atoms with Crippen molar-refractivity contribution < 1.29 is 21.6 Å². The van der Waals surface area contributed by atoms with E-state index in [-0.39, 0.29) is 20.7 Å². The minimum atomic E-state index is -4.44. The number of halogens is 3. The molecule has 0 radical (unpaired) electrons. The number of nitrogens with one attached hydrogen (secondary N) is 1. The summed E-state index contributed by atoms with van der Waals surface area (Å²) in [5.74, 6) is 0. The van der Waals surface area contributed by atoms with E-state index >= 15 is 0 Å². The number of H-pyrrole nitrogens is 1. The number of hydrogen-bond acceptors (Lipinski definition) is 3. The van der Waals surface area contributed by atoms with Gasteiger partial charge >= 0.3 is 6.18 Å². The number of rotatable bonds is 2. The van der Waals surface area contributed by atoms with Crippen molar-refractivity contribution in [3.63, 3.8) is 0 Å². The SMILES string of the molecule is CS(=O)(=O)c1cccc2c1[nH]c(=S)n2CC(F)(F)F. The van der Waals surface area contributed by atoms with Crippen LogP contribution in [-0.4, -0.2) is 30.4 Å². The van der Waals surface area contributed by atoms with E-state index in [1.807, 2.05) is 0 Å². The Morgan fingerprint density at radius 3 is 2.53 bits per heavy atom. The lowest BCUT2D eigenvalue weighted by Gasteiger charge is -2.08. The lowest BCUT2D eigenvalue weighted by Crippen LogP contribution is -2.17. The maximum Gasteiger partial charge on any atom is 0.406 e. The maximum atomic E-state index is 12.5. The van der Waals surface area contributed by atoms with Gasteiger partial charge in [0.25, 0.3) is 0 Å². The molecule has 0 saturated carbocycles. The molecule has 4 nitrogen and oxygen atoms in total. The lowest BCUT2D eigenvalue weighted by atomic mass is 10.3. The highest BCUT2D eigenvalue weighted by Gasteiger charge is 2.29. The first-order valence-electron chi connectivity index (χ1n) is 5.08. The van der Waals surface area contributed by atoms with Gasteiger partial charge in [0, 0.05) is 6.26 Å². The number of sulfone groups is 1. The summed E-state index contributed by atoms with van der Waals surface area (Å²) < 4.78 is 61.2. The molecule has 0 aliphatic carbocycles.